The lowest BCUT2D eigenvalue weighted by atomic mass is 10.0. The van der Waals surface area contributed by atoms with E-state index in [1.54, 1.807) is 4.90 Å². The van der Waals surface area contributed by atoms with Gasteiger partial charge in [-0.3, -0.25) is 4.79 Å². The molecular formula is C30H37N3O. The second kappa shape index (κ2) is 13.8. The molecule has 0 fully saturated rings. The maximum atomic E-state index is 13.8. The van der Waals surface area contributed by atoms with Gasteiger partial charge in [-0.15, -0.1) is 13.2 Å². The highest BCUT2D eigenvalue weighted by Gasteiger charge is 2.27. The molecule has 0 spiro atoms. The third-order valence-electron chi connectivity index (χ3n) is 5.34. The molecule has 4 nitrogen and oxygen atoms in total. The van der Waals surface area contributed by atoms with E-state index in [2.05, 4.69) is 33.1 Å². The number of hydrogen-bond donors (Lipinski definition) is 0. The predicted octanol–water partition coefficient (Wildman–Crippen LogP) is 7.27. The first-order valence-corrected chi connectivity index (χ1v) is 11.9. The van der Waals surface area contributed by atoms with E-state index in [0.29, 0.717) is 12.1 Å². The zero-order chi connectivity index (χ0) is 24.9. The summed E-state index contributed by atoms with van der Waals surface area (Å²) >= 11 is 0. The fourth-order valence-corrected chi connectivity index (χ4v) is 3.89. The summed E-state index contributed by atoms with van der Waals surface area (Å²) in [5.41, 5.74) is 5.48. The highest BCUT2D eigenvalue weighted by atomic mass is 16.2. The monoisotopic (exact) mass is 455 g/mol. The Hall–Kier alpha value is -3.66. The Bertz CT molecular complexity index is 1090. The van der Waals surface area contributed by atoms with Crippen LogP contribution >= 0.6 is 0 Å². The van der Waals surface area contributed by atoms with Crippen LogP contribution in [0.5, 0.6) is 0 Å². The van der Waals surface area contributed by atoms with Crippen LogP contribution in [0.4, 0.5) is 0 Å². The van der Waals surface area contributed by atoms with Gasteiger partial charge in [-0.05, 0) is 43.0 Å². The first kappa shape index (κ1) is 26.6. The summed E-state index contributed by atoms with van der Waals surface area (Å²) in [6, 6.07) is 20.2. The molecule has 0 saturated carbocycles. The zero-order valence-electron chi connectivity index (χ0n) is 21.0. The Kier molecular flexibility index (Phi) is 10.8. The standard InChI is InChI=1S/C28H33N3O.C2H4/c1-5-14-23(15-6-2)27-26(28(32)30(4)21-22-17-10-8-11-18-22)25(16-7-3)31(29-27)24-19-12-9-13-20-24;1-2/h5,8-15,17-20H,6-7,16,21H2,1-4H3;1-2H2/b14-5-,23-15+;. The molecule has 2 aromatic carbocycles. The fraction of sp³-hybridized carbons (Fsp3) is 0.267. The normalized spacial score (nSPS) is 11.2. The maximum absolute atomic E-state index is 13.8. The topological polar surface area (TPSA) is 38.1 Å². The van der Waals surface area contributed by atoms with E-state index < -0.39 is 0 Å². The summed E-state index contributed by atoms with van der Waals surface area (Å²) < 4.78 is 1.95. The first-order chi connectivity index (χ1) is 16.6. The summed E-state index contributed by atoms with van der Waals surface area (Å²) in [6.45, 7) is 12.8. The molecule has 1 heterocycles. The molecule has 0 aliphatic carbocycles. The Morgan fingerprint density at radius 1 is 1.03 bits per heavy atom. The molecule has 0 saturated heterocycles. The minimum absolute atomic E-state index is 0.000917. The summed E-state index contributed by atoms with van der Waals surface area (Å²) in [5.74, 6) is 0.000917. The molecule has 3 rings (SSSR count). The molecule has 0 N–H and O–H groups in total. The maximum Gasteiger partial charge on any atom is 0.258 e. The summed E-state index contributed by atoms with van der Waals surface area (Å²) in [6.07, 6.45) is 8.76. The SMILES string of the molecule is C/C=C\C(=C/CC)c1nn(-c2ccccc2)c(CCC)c1C(=O)N(C)Cc1ccccc1.C=C. The molecule has 0 atom stereocenters. The van der Waals surface area contributed by atoms with E-state index in [0.717, 1.165) is 47.5 Å². The molecule has 3 aromatic rings. The van der Waals surface area contributed by atoms with Gasteiger partial charge in [-0.1, -0.05) is 87.0 Å². The Labute approximate surface area is 204 Å². The minimum atomic E-state index is 0.000917. The molecule has 0 aliphatic rings. The highest BCUT2D eigenvalue weighted by molar-refractivity contribution is 6.00. The third-order valence-corrected chi connectivity index (χ3v) is 5.34. The van der Waals surface area contributed by atoms with E-state index in [-0.39, 0.29) is 5.91 Å². The van der Waals surface area contributed by atoms with Crippen molar-refractivity contribution in [3.05, 3.63) is 115 Å². The van der Waals surface area contributed by atoms with Gasteiger partial charge in [-0.25, -0.2) is 4.68 Å². The van der Waals surface area contributed by atoms with Gasteiger partial charge in [0.05, 0.1) is 16.9 Å². The van der Waals surface area contributed by atoms with Crippen LogP contribution in [-0.2, 0) is 13.0 Å². The van der Waals surface area contributed by atoms with Crippen molar-refractivity contribution >= 4 is 11.5 Å². The number of nitrogens with zero attached hydrogens (tertiary/aromatic N) is 3. The van der Waals surface area contributed by atoms with Gasteiger partial charge in [0.25, 0.3) is 5.91 Å². The van der Waals surface area contributed by atoms with E-state index in [1.807, 2.05) is 91.5 Å². The lowest BCUT2D eigenvalue weighted by Crippen LogP contribution is -2.27. The fourth-order valence-electron chi connectivity index (χ4n) is 3.89. The molecule has 1 aromatic heterocycles. The van der Waals surface area contributed by atoms with Gasteiger partial charge >= 0.3 is 0 Å². The van der Waals surface area contributed by atoms with Crippen LogP contribution in [-0.4, -0.2) is 27.6 Å². The molecule has 4 heteroatoms. The van der Waals surface area contributed by atoms with Crippen molar-refractivity contribution in [1.82, 2.24) is 14.7 Å². The number of hydrogen-bond acceptors (Lipinski definition) is 2. The highest BCUT2D eigenvalue weighted by Crippen LogP contribution is 2.28. The Morgan fingerprint density at radius 3 is 2.21 bits per heavy atom. The van der Waals surface area contributed by atoms with Crippen molar-refractivity contribution in [2.75, 3.05) is 7.05 Å². The van der Waals surface area contributed by atoms with E-state index in [9.17, 15) is 4.79 Å². The number of carbonyl (C=O) groups excluding carboxylic acids is 1. The van der Waals surface area contributed by atoms with Crippen molar-refractivity contribution in [2.45, 2.75) is 46.6 Å². The number of aromatic nitrogens is 2. The lowest BCUT2D eigenvalue weighted by molar-refractivity contribution is 0.0783. The summed E-state index contributed by atoms with van der Waals surface area (Å²) in [7, 11) is 1.87. The second-order valence-electron chi connectivity index (χ2n) is 7.88. The van der Waals surface area contributed by atoms with E-state index >= 15 is 0 Å². The molecule has 0 bridgehead atoms. The average Bonchev–Trinajstić information content (AvgIpc) is 3.25. The van der Waals surface area contributed by atoms with Crippen LogP contribution in [0.2, 0.25) is 0 Å². The van der Waals surface area contributed by atoms with Gasteiger partial charge in [0.2, 0.25) is 0 Å². The van der Waals surface area contributed by atoms with Crippen LogP contribution in [0.15, 0.2) is 92.0 Å². The molecule has 1 amide bonds. The quantitative estimate of drug-likeness (QED) is 0.251. The smallest absolute Gasteiger partial charge is 0.258 e. The van der Waals surface area contributed by atoms with E-state index in [1.165, 1.54) is 0 Å². The van der Waals surface area contributed by atoms with Crippen LogP contribution in [0.25, 0.3) is 11.3 Å². The number of para-hydroxylation sites is 1. The summed E-state index contributed by atoms with van der Waals surface area (Å²) in [5, 5.41) is 5.00. The van der Waals surface area contributed by atoms with Crippen molar-refractivity contribution in [3.63, 3.8) is 0 Å². The van der Waals surface area contributed by atoms with Crippen molar-refractivity contribution in [3.8, 4) is 5.69 Å². The number of carbonyl (C=O) groups is 1. The van der Waals surface area contributed by atoms with Crippen molar-refractivity contribution < 1.29 is 4.79 Å². The van der Waals surface area contributed by atoms with Gasteiger partial charge in [0.15, 0.2) is 0 Å². The van der Waals surface area contributed by atoms with Crippen LogP contribution in [0.3, 0.4) is 0 Å². The summed E-state index contributed by atoms with van der Waals surface area (Å²) in [4.78, 5) is 15.6. The van der Waals surface area contributed by atoms with Gasteiger partial charge in [0.1, 0.15) is 5.69 Å². The number of benzene rings is 2. The molecule has 178 valence electrons. The van der Waals surface area contributed by atoms with Gasteiger partial charge in [0, 0.05) is 13.6 Å². The predicted molar refractivity (Wildman–Crippen MR) is 144 cm³/mol. The van der Waals surface area contributed by atoms with Gasteiger partial charge in [-0.2, -0.15) is 5.10 Å². The molecule has 0 aliphatic heterocycles. The second-order valence-corrected chi connectivity index (χ2v) is 7.88. The number of allylic oxidation sites excluding steroid dienone is 4. The van der Waals surface area contributed by atoms with Crippen molar-refractivity contribution in [2.24, 2.45) is 0 Å². The molecule has 34 heavy (non-hydrogen) atoms. The largest absolute Gasteiger partial charge is 0.337 e. The van der Waals surface area contributed by atoms with Crippen LogP contribution < -0.4 is 0 Å². The average molecular weight is 456 g/mol. The first-order valence-electron chi connectivity index (χ1n) is 11.9. The van der Waals surface area contributed by atoms with Crippen LogP contribution in [0, 0.1) is 0 Å². The van der Waals surface area contributed by atoms with Crippen LogP contribution in [0.1, 0.15) is 60.9 Å². The lowest BCUT2D eigenvalue weighted by Gasteiger charge is -2.19. The van der Waals surface area contributed by atoms with Gasteiger partial charge < -0.3 is 4.90 Å². The molecular weight excluding hydrogens is 418 g/mol. The molecule has 0 radical (unpaired) electrons. The Morgan fingerprint density at radius 2 is 1.65 bits per heavy atom. The van der Waals surface area contributed by atoms with E-state index in [4.69, 9.17) is 5.10 Å². The Balaban J connectivity index is 0.00000199. The third kappa shape index (κ3) is 6.44. The zero-order valence-corrected chi connectivity index (χ0v) is 21.0. The number of amides is 1. The van der Waals surface area contributed by atoms with Crippen molar-refractivity contribution in [1.29, 1.82) is 0 Å². The number of rotatable bonds is 9. The molecule has 0 unspecified atom stereocenters. The minimum Gasteiger partial charge on any atom is -0.337 e.